The van der Waals surface area contributed by atoms with Gasteiger partial charge in [0.2, 0.25) is 0 Å². The summed E-state index contributed by atoms with van der Waals surface area (Å²) in [4.78, 5) is 12.1. The number of Topliss-reactive ketones (excluding diaryl/α,β-unsaturated/α-hetero) is 1. The molecule has 2 aromatic rings. The van der Waals surface area contributed by atoms with Gasteiger partial charge in [0.05, 0.1) is 26.4 Å². The van der Waals surface area contributed by atoms with Crippen molar-refractivity contribution in [2.75, 3.05) is 32.6 Å². The Labute approximate surface area is 214 Å². The Bertz CT molecular complexity index is 938. The highest BCUT2D eigenvalue weighted by molar-refractivity contribution is 7.55. The number of rotatable bonds is 18. The van der Waals surface area contributed by atoms with Crippen LogP contribution in [0.5, 0.6) is 34.5 Å². The number of carbonyl (C=O) groups excluding carboxylic acids is 1. The SMILES string of the molecule is CCCOc1ccc(OP(=O)(CC(C)=O)Oc2ccc(OCCC)cc2OCCC)c(OCCC)c1. The molecule has 0 aliphatic rings. The van der Waals surface area contributed by atoms with E-state index in [1.54, 1.807) is 36.4 Å². The zero-order chi connectivity index (χ0) is 26.4. The van der Waals surface area contributed by atoms with Crippen LogP contribution in [-0.2, 0) is 9.36 Å². The van der Waals surface area contributed by atoms with Gasteiger partial charge in [-0.25, -0.2) is 4.57 Å². The molecule has 0 saturated carbocycles. The molecule has 2 aromatic carbocycles. The molecule has 0 heterocycles. The molecule has 0 N–H and O–H groups in total. The fraction of sp³-hybridized carbons (Fsp3) is 0.519. The summed E-state index contributed by atoms with van der Waals surface area (Å²) in [6, 6.07) is 10.0. The molecule has 0 unspecified atom stereocenters. The number of ether oxygens (including phenoxy) is 4. The molecular formula is C27H39O8P. The van der Waals surface area contributed by atoms with Crippen LogP contribution in [0.3, 0.4) is 0 Å². The fourth-order valence-electron chi connectivity index (χ4n) is 3.05. The van der Waals surface area contributed by atoms with E-state index in [4.69, 9.17) is 28.0 Å². The molecular weight excluding hydrogens is 483 g/mol. The normalized spacial score (nSPS) is 11.0. The lowest BCUT2D eigenvalue weighted by molar-refractivity contribution is -0.114. The maximum Gasteiger partial charge on any atom is 0.438 e. The van der Waals surface area contributed by atoms with Crippen LogP contribution < -0.4 is 28.0 Å². The standard InChI is InChI=1S/C27H39O8P/c1-6-14-30-22-10-12-24(26(18-22)32-16-8-3)34-36(29,20-21(5)28)35-25-13-11-23(31-15-7-2)19-27(25)33-17-9-4/h10-13,18-19H,6-9,14-17,20H2,1-5H3. The van der Waals surface area contributed by atoms with E-state index in [9.17, 15) is 9.36 Å². The minimum Gasteiger partial charge on any atom is -0.493 e. The zero-order valence-corrected chi connectivity index (χ0v) is 22.9. The Morgan fingerprint density at radius 1 is 0.639 bits per heavy atom. The number of benzene rings is 2. The minimum absolute atomic E-state index is 0.204. The monoisotopic (exact) mass is 522 g/mol. The Balaban J connectivity index is 2.39. The highest BCUT2D eigenvalue weighted by Gasteiger charge is 2.33. The van der Waals surface area contributed by atoms with E-state index in [0.717, 1.165) is 25.7 Å². The number of ketones is 1. The predicted molar refractivity (Wildman–Crippen MR) is 140 cm³/mol. The molecule has 0 spiro atoms. The van der Waals surface area contributed by atoms with E-state index < -0.39 is 13.8 Å². The Morgan fingerprint density at radius 2 is 1.03 bits per heavy atom. The summed E-state index contributed by atoms with van der Waals surface area (Å²) < 4.78 is 48.7. The van der Waals surface area contributed by atoms with Gasteiger partial charge in [0.25, 0.3) is 0 Å². The number of hydrogen-bond donors (Lipinski definition) is 0. The van der Waals surface area contributed by atoms with Gasteiger partial charge in [0.15, 0.2) is 23.0 Å². The molecule has 0 aromatic heterocycles. The van der Waals surface area contributed by atoms with Gasteiger partial charge in [-0.2, -0.15) is 0 Å². The van der Waals surface area contributed by atoms with Crippen molar-refractivity contribution in [1.29, 1.82) is 0 Å². The van der Waals surface area contributed by atoms with E-state index in [1.165, 1.54) is 6.92 Å². The highest BCUT2D eigenvalue weighted by atomic mass is 31.2. The minimum atomic E-state index is -4.00. The third-order valence-electron chi connectivity index (χ3n) is 4.59. The van der Waals surface area contributed by atoms with Crippen molar-refractivity contribution in [1.82, 2.24) is 0 Å². The first kappa shape index (κ1) is 29.4. The molecule has 36 heavy (non-hydrogen) atoms. The van der Waals surface area contributed by atoms with Crippen molar-refractivity contribution in [2.45, 2.75) is 60.3 Å². The lowest BCUT2D eigenvalue weighted by Gasteiger charge is -2.22. The summed E-state index contributed by atoms with van der Waals surface area (Å²) >= 11 is 0. The second-order valence-electron chi connectivity index (χ2n) is 8.26. The molecule has 0 radical (unpaired) electrons. The predicted octanol–water partition coefficient (Wildman–Crippen LogP) is 7.08. The fourth-order valence-corrected chi connectivity index (χ4v) is 4.67. The summed E-state index contributed by atoms with van der Waals surface area (Å²) in [6.45, 7) is 11.3. The van der Waals surface area contributed by atoms with Crippen molar-refractivity contribution >= 4 is 13.4 Å². The molecule has 200 valence electrons. The van der Waals surface area contributed by atoms with Crippen molar-refractivity contribution in [3.05, 3.63) is 36.4 Å². The van der Waals surface area contributed by atoms with Crippen molar-refractivity contribution in [2.24, 2.45) is 0 Å². The van der Waals surface area contributed by atoms with Crippen LogP contribution in [0.4, 0.5) is 0 Å². The van der Waals surface area contributed by atoms with Gasteiger partial charge in [-0.15, -0.1) is 0 Å². The Morgan fingerprint density at radius 3 is 1.39 bits per heavy atom. The molecule has 0 fully saturated rings. The molecule has 0 amide bonds. The molecule has 2 rings (SSSR count). The van der Waals surface area contributed by atoms with Gasteiger partial charge in [0, 0.05) is 12.1 Å². The van der Waals surface area contributed by atoms with Crippen molar-refractivity contribution in [3.63, 3.8) is 0 Å². The van der Waals surface area contributed by atoms with E-state index in [0.29, 0.717) is 49.4 Å². The lowest BCUT2D eigenvalue weighted by Crippen LogP contribution is -2.12. The molecule has 0 bridgehead atoms. The highest BCUT2D eigenvalue weighted by Crippen LogP contribution is 2.53. The Hall–Kier alpha value is -2.86. The molecule has 8 nitrogen and oxygen atoms in total. The molecule has 0 aliphatic carbocycles. The van der Waals surface area contributed by atoms with Crippen LogP contribution in [-0.4, -0.2) is 38.4 Å². The Kier molecular flexibility index (Phi) is 12.5. The van der Waals surface area contributed by atoms with Crippen molar-refractivity contribution in [3.8, 4) is 34.5 Å². The maximum absolute atomic E-state index is 13.9. The molecule has 0 saturated heterocycles. The van der Waals surface area contributed by atoms with Crippen LogP contribution in [0.15, 0.2) is 36.4 Å². The summed E-state index contributed by atoms with van der Waals surface area (Å²) in [5.41, 5.74) is 0. The largest absolute Gasteiger partial charge is 0.493 e. The van der Waals surface area contributed by atoms with Crippen LogP contribution in [0, 0.1) is 0 Å². The van der Waals surface area contributed by atoms with Crippen LogP contribution >= 0.6 is 7.60 Å². The number of hydrogen-bond acceptors (Lipinski definition) is 8. The molecule has 0 atom stereocenters. The summed E-state index contributed by atoms with van der Waals surface area (Å²) in [5.74, 6) is 2.01. The third kappa shape index (κ3) is 9.65. The molecule has 9 heteroatoms. The van der Waals surface area contributed by atoms with Gasteiger partial charge in [0.1, 0.15) is 23.4 Å². The quantitative estimate of drug-likeness (QED) is 0.192. The molecule has 0 aliphatic heterocycles. The lowest BCUT2D eigenvalue weighted by atomic mass is 10.3. The van der Waals surface area contributed by atoms with Gasteiger partial charge in [-0.05, 0) is 56.9 Å². The second-order valence-corrected chi connectivity index (χ2v) is 10.2. The second kappa shape index (κ2) is 15.3. The third-order valence-corrected chi connectivity index (χ3v) is 6.37. The van der Waals surface area contributed by atoms with E-state index in [-0.39, 0.29) is 17.3 Å². The van der Waals surface area contributed by atoms with Crippen molar-refractivity contribution < 1.29 is 37.4 Å². The first-order valence-corrected chi connectivity index (χ1v) is 14.3. The average molecular weight is 523 g/mol. The topological polar surface area (TPSA) is 89.5 Å². The zero-order valence-electron chi connectivity index (χ0n) is 22.0. The van der Waals surface area contributed by atoms with Crippen LogP contribution in [0.25, 0.3) is 0 Å². The van der Waals surface area contributed by atoms with E-state index in [1.807, 2.05) is 27.7 Å². The summed E-state index contributed by atoms with van der Waals surface area (Å²) in [6.07, 6.45) is 2.83. The first-order valence-electron chi connectivity index (χ1n) is 12.6. The average Bonchev–Trinajstić information content (AvgIpc) is 2.85. The van der Waals surface area contributed by atoms with Crippen LogP contribution in [0.2, 0.25) is 0 Å². The van der Waals surface area contributed by atoms with Gasteiger partial charge in [-0.1, -0.05) is 27.7 Å². The van der Waals surface area contributed by atoms with Gasteiger partial charge in [-0.3, -0.25) is 4.79 Å². The summed E-state index contributed by atoms with van der Waals surface area (Å²) in [7, 11) is -4.00. The van der Waals surface area contributed by atoms with Crippen LogP contribution in [0.1, 0.15) is 60.3 Å². The first-order chi connectivity index (χ1) is 17.3. The van der Waals surface area contributed by atoms with Gasteiger partial charge >= 0.3 is 7.60 Å². The van der Waals surface area contributed by atoms with Gasteiger partial charge < -0.3 is 28.0 Å². The van der Waals surface area contributed by atoms with E-state index in [2.05, 4.69) is 0 Å². The smallest absolute Gasteiger partial charge is 0.438 e. The number of carbonyl (C=O) groups is 1. The summed E-state index contributed by atoms with van der Waals surface area (Å²) in [5, 5.41) is 0. The maximum atomic E-state index is 13.9. The van der Waals surface area contributed by atoms with E-state index >= 15 is 0 Å².